The van der Waals surface area contributed by atoms with Crippen LogP contribution in [0.4, 0.5) is 0 Å². The number of hydrogen-bond acceptors (Lipinski definition) is 6. The SMILES string of the molecule is NC(=O)c1occc1CCc1cccc2ccc(OCCCCOc3ccc4cccc(CCNC(=O)c5ccco5)c4c3)cc12. The average Bonchev–Trinajstić information content (AvgIpc) is 3.79. The molecule has 2 aromatic heterocycles. The lowest BCUT2D eigenvalue weighted by Crippen LogP contribution is -2.25. The predicted octanol–water partition coefficient (Wildman–Crippen LogP) is 7.27. The van der Waals surface area contributed by atoms with Gasteiger partial charge in [0.1, 0.15) is 11.5 Å². The van der Waals surface area contributed by atoms with Crippen LogP contribution in [0.15, 0.2) is 112 Å². The van der Waals surface area contributed by atoms with Crippen LogP contribution in [0.25, 0.3) is 21.5 Å². The fraction of sp³-hybridized carbons (Fsp3) is 0.211. The molecule has 0 aliphatic heterocycles. The number of amides is 2. The summed E-state index contributed by atoms with van der Waals surface area (Å²) in [6.07, 6.45) is 6.80. The van der Waals surface area contributed by atoms with Gasteiger partial charge in [0, 0.05) is 12.1 Å². The predicted molar refractivity (Wildman–Crippen MR) is 177 cm³/mol. The largest absolute Gasteiger partial charge is 0.494 e. The van der Waals surface area contributed by atoms with Crippen LogP contribution in [-0.4, -0.2) is 31.6 Å². The molecule has 0 spiro atoms. The van der Waals surface area contributed by atoms with Crippen LogP contribution >= 0.6 is 0 Å². The van der Waals surface area contributed by atoms with E-state index in [0.717, 1.165) is 63.4 Å². The molecule has 0 saturated carbocycles. The van der Waals surface area contributed by atoms with Crippen LogP contribution < -0.4 is 20.5 Å². The Kier molecular flexibility index (Phi) is 9.63. The van der Waals surface area contributed by atoms with Crippen molar-refractivity contribution in [1.82, 2.24) is 5.32 Å². The summed E-state index contributed by atoms with van der Waals surface area (Å²) in [5, 5.41) is 7.42. The Balaban J connectivity index is 0.979. The van der Waals surface area contributed by atoms with E-state index >= 15 is 0 Å². The second-order valence-corrected chi connectivity index (χ2v) is 11.1. The number of nitrogens with two attached hydrogens (primary N) is 1. The van der Waals surface area contributed by atoms with E-state index < -0.39 is 5.91 Å². The Hall–Kier alpha value is -5.50. The van der Waals surface area contributed by atoms with E-state index in [1.54, 1.807) is 18.2 Å². The standard InChI is InChI=1S/C38H36N2O6/c39-37(41)36-30(18-23-46-36)12-11-26-6-3-7-27-13-15-31(24-33(26)27)43-20-1-2-21-44-32-16-14-28-8-4-9-29(34(28)25-32)17-19-40-38(42)35-10-5-22-45-35/h3-10,13-16,18,22-25H,1-2,11-12,17,19-21H2,(H2,39,41)(H,40,42). The topological polar surface area (TPSA) is 117 Å². The Morgan fingerprint density at radius 1 is 0.652 bits per heavy atom. The first-order valence-electron chi connectivity index (χ1n) is 15.5. The molecule has 6 aromatic rings. The monoisotopic (exact) mass is 616 g/mol. The molecule has 0 unspecified atom stereocenters. The number of nitrogens with one attached hydrogen (secondary N) is 1. The Labute approximate surface area is 267 Å². The molecule has 0 atom stereocenters. The molecule has 0 aliphatic rings. The number of carbonyl (C=O) groups excluding carboxylic acids is 2. The van der Waals surface area contributed by atoms with Gasteiger partial charge in [-0.15, -0.1) is 0 Å². The van der Waals surface area contributed by atoms with E-state index in [1.165, 1.54) is 18.1 Å². The number of hydrogen-bond donors (Lipinski definition) is 2. The maximum Gasteiger partial charge on any atom is 0.286 e. The molecule has 3 N–H and O–H groups in total. The number of unbranched alkanes of at least 4 members (excludes halogenated alkanes) is 1. The van der Waals surface area contributed by atoms with Crippen LogP contribution in [0.3, 0.4) is 0 Å². The molecule has 0 radical (unpaired) electrons. The molecule has 6 rings (SSSR count). The number of furan rings is 2. The third-order valence-corrected chi connectivity index (χ3v) is 8.02. The third-order valence-electron chi connectivity index (χ3n) is 8.02. The van der Waals surface area contributed by atoms with Crippen LogP contribution in [0.5, 0.6) is 11.5 Å². The van der Waals surface area contributed by atoms with Gasteiger partial charge in [-0.1, -0.05) is 48.5 Å². The molecule has 0 bridgehead atoms. The summed E-state index contributed by atoms with van der Waals surface area (Å²) in [5.74, 6) is 1.41. The van der Waals surface area contributed by atoms with Gasteiger partial charge in [0.25, 0.3) is 11.8 Å². The van der Waals surface area contributed by atoms with Gasteiger partial charge >= 0.3 is 0 Å². The second kappa shape index (κ2) is 14.5. The summed E-state index contributed by atoms with van der Waals surface area (Å²) in [6.45, 7) is 1.67. The van der Waals surface area contributed by atoms with Gasteiger partial charge in [-0.05, 0) is 107 Å². The number of rotatable bonds is 15. The summed E-state index contributed by atoms with van der Waals surface area (Å²) in [7, 11) is 0. The van der Waals surface area contributed by atoms with E-state index in [9.17, 15) is 9.59 Å². The molecule has 4 aromatic carbocycles. The minimum absolute atomic E-state index is 0.216. The summed E-state index contributed by atoms with van der Waals surface area (Å²) < 4.78 is 22.6. The van der Waals surface area contributed by atoms with Crippen molar-refractivity contribution in [3.8, 4) is 11.5 Å². The van der Waals surface area contributed by atoms with Crippen molar-refractivity contribution in [2.75, 3.05) is 19.8 Å². The first kappa shape index (κ1) is 30.5. The van der Waals surface area contributed by atoms with Gasteiger partial charge in [0.2, 0.25) is 0 Å². The fourth-order valence-electron chi connectivity index (χ4n) is 5.66. The maximum absolute atomic E-state index is 12.2. The van der Waals surface area contributed by atoms with Crippen molar-refractivity contribution >= 4 is 33.4 Å². The molecule has 8 nitrogen and oxygen atoms in total. The molecule has 2 heterocycles. The van der Waals surface area contributed by atoms with E-state index in [2.05, 4.69) is 53.8 Å². The smallest absolute Gasteiger partial charge is 0.286 e. The van der Waals surface area contributed by atoms with Crippen molar-refractivity contribution in [2.45, 2.75) is 32.1 Å². The van der Waals surface area contributed by atoms with Gasteiger partial charge in [0.05, 0.1) is 25.7 Å². The van der Waals surface area contributed by atoms with Crippen molar-refractivity contribution in [1.29, 1.82) is 0 Å². The van der Waals surface area contributed by atoms with Crippen molar-refractivity contribution < 1.29 is 27.9 Å². The Morgan fingerprint density at radius 3 is 1.89 bits per heavy atom. The Morgan fingerprint density at radius 2 is 1.28 bits per heavy atom. The summed E-state index contributed by atoms with van der Waals surface area (Å²) in [4.78, 5) is 23.8. The molecule has 8 heteroatoms. The van der Waals surface area contributed by atoms with Crippen molar-refractivity contribution in [2.24, 2.45) is 5.73 Å². The number of primary amides is 1. The zero-order valence-electron chi connectivity index (χ0n) is 25.5. The van der Waals surface area contributed by atoms with E-state index in [-0.39, 0.29) is 11.7 Å². The normalized spacial score (nSPS) is 11.1. The number of ether oxygens (including phenoxy) is 2. The molecular formula is C38H36N2O6. The molecule has 234 valence electrons. The zero-order valence-corrected chi connectivity index (χ0v) is 25.5. The lowest BCUT2D eigenvalue weighted by atomic mass is 9.98. The maximum atomic E-state index is 12.2. The van der Waals surface area contributed by atoms with Gasteiger partial charge in [0.15, 0.2) is 11.5 Å². The van der Waals surface area contributed by atoms with E-state index in [1.807, 2.05) is 24.3 Å². The van der Waals surface area contributed by atoms with Crippen LogP contribution in [0.1, 0.15) is 50.6 Å². The zero-order chi connectivity index (χ0) is 31.7. The van der Waals surface area contributed by atoms with Crippen LogP contribution in [0.2, 0.25) is 0 Å². The van der Waals surface area contributed by atoms with Gasteiger partial charge in [-0.25, -0.2) is 0 Å². The highest BCUT2D eigenvalue weighted by Crippen LogP contribution is 2.27. The van der Waals surface area contributed by atoms with E-state index in [4.69, 9.17) is 24.0 Å². The molecule has 0 saturated heterocycles. The first-order valence-corrected chi connectivity index (χ1v) is 15.5. The second-order valence-electron chi connectivity index (χ2n) is 11.1. The summed E-state index contributed by atoms with van der Waals surface area (Å²) >= 11 is 0. The van der Waals surface area contributed by atoms with E-state index in [0.29, 0.717) is 38.4 Å². The minimum atomic E-state index is -0.550. The van der Waals surface area contributed by atoms with Gasteiger partial charge in [-0.3, -0.25) is 9.59 Å². The van der Waals surface area contributed by atoms with Crippen molar-refractivity contribution in [3.05, 3.63) is 132 Å². The minimum Gasteiger partial charge on any atom is -0.494 e. The van der Waals surface area contributed by atoms with Gasteiger partial charge < -0.3 is 29.4 Å². The highest BCUT2D eigenvalue weighted by Gasteiger charge is 2.13. The molecule has 0 aliphatic carbocycles. The number of aryl methyl sites for hydroxylation is 2. The third kappa shape index (κ3) is 7.41. The average molecular weight is 617 g/mol. The molecule has 0 fully saturated rings. The van der Waals surface area contributed by atoms with Gasteiger partial charge in [-0.2, -0.15) is 0 Å². The highest BCUT2D eigenvalue weighted by molar-refractivity contribution is 5.92. The summed E-state index contributed by atoms with van der Waals surface area (Å²) in [6, 6.07) is 29.9. The molecular weight excluding hydrogens is 580 g/mol. The number of fused-ring (bicyclic) bond motifs is 2. The number of carbonyl (C=O) groups is 2. The lowest BCUT2D eigenvalue weighted by Gasteiger charge is -2.12. The van der Waals surface area contributed by atoms with Crippen LogP contribution in [0, 0.1) is 0 Å². The lowest BCUT2D eigenvalue weighted by molar-refractivity contribution is 0.0925. The highest BCUT2D eigenvalue weighted by atomic mass is 16.5. The van der Waals surface area contributed by atoms with Crippen LogP contribution in [-0.2, 0) is 19.3 Å². The summed E-state index contributed by atoms with van der Waals surface area (Å²) in [5.41, 5.74) is 8.57. The number of benzene rings is 4. The Bertz CT molecular complexity index is 1940. The van der Waals surface area contributed by atoms with Crippen molar-refractivity contribution in [3.63, 3.8) is 0 Å². The molecule has 2 amide bonds. The quantitative estimate of drug-likeness (QED) is 0.117. The molecule has 46 heavy (non-hydrogen) atoms. The fourth-order valence-corrected chi connectivity index (χ4v) is 5.66. The first-order chi connectivity index (χ1) is 22.5.